The summed E-state index contributed by atoms with van der Waals surface area (Å²) in [5.41, 5.74) is 1.45. The van der Waals surface area contributed by atoms with E-state index in [1.165, 1.54) is 0 Å². The third-order valence-corrected chi connectivity index (χ3v) is 3.76. The second-order valence-corrected chi connectivity index (χ2v) is 5.49. The predicted octanol–water partition coefficient (Wildman–Crippen LogP) is 2.38. The number of carbonyl (C=O) groups excluding carboxylic acids is 1. The van der Waals surface area contributed by atoms with Crippen molar-refractivity contribution in [3.05, 3.63) is 47.2 Å². The van der Waals surface area contributed by atoms with Crippen LogP contribution in [0.1, 0.15) is 16.8 Å². The second-order valence-electron chi connectivity index (χ2n) is 5.05. The molecule has 118 valence electrons. The summed E-state index contributed by atoms with van der Waals surface area (Å²) < 4.78 is 1.68. The van der Waals surface area contributed by atoms with Crippen LogP contribution in [-0.2, 0) is 0 Å². The summed E-state index contributed by atoms with van der Waals surface area (Å²) in [6.07, 6.45) is 4.35. The number of aromatic nitrogens is 2. The highest BCUT2D eigenvalue weighted by molar-refractivity contribution is 6.30. The summed E-state index contributed by atoms with van der Waals surface area (Å²) in [5, 5.41) is 8.20. The molecule has 1 N–H and O–H groups in total. The Hall–Kier alpha value is -1.56. The monoisotopic (exact) mass is 340 g/mol. The Kier molecular flexibility index (Phi) is 5.83. The fourth-order valence-electron chi connectivity index (χ4n) is 2.42. The molecule has 1 aliphatic rings. The molecule has 2 heterocycles. The van der Waals surface area contributed by atoms with Gasteiger partial charge in [0.1, 0.15) is 0 Å². The minimum atomic E-state index is 0. The molecule has 0 spiro atoms. The summed E-state index contributed by atoms with van der Waals surface area (Å²) in [6, 6.07) is 7.40. The maximum atomic E-state index is 12.5. The Morgan fingerprint density at radius 1 is 1.27 bits per heavy atom. The van der Waals surface area contributed by atoms with E-state index in [-0.39, 0.29) is 18.3 Å². The van der Waals surface area contributed by atoms with E-state index >= 15 is 0 Å². The molecule has 0 unspecified atom stereocenters. The van der Waals surface area contributed by atoms with Crippen molar-refractivity contribution < 1.29 is 4.79 Å². The van der Waals surface area contributed by atoms with Crippen molar-refractivity contribution in [2.75, 3.05) is 26.2 Å². The molecule has 0 radical (unpaired) electrons. The van der Waals surface area contributed by atoms with Gasteiger partial charge in [0.2, 0.25) is 0 Å². The highest BCUT2D eigenvalue weighted by Gasteiger charge is 2.18. The molecule has 0 saturated carbocycles. The van der Waals surface area contributed by atoms with Gasteiger partial charge in [-0.15, -0.1) is 12.4 Å². The fraction of sp³-hybridized carbons (Fsp3) is 0.333. The lowest BCUT2D eigenvalue weighted by Crippen LogP contribution is -2.33. The molecule has 0 aliphatic carbocycles. The first-order chi connectivity index (χ1) is 10.2. The lowest BCUT2D eigenvalue weighted by Gasteiger charge is -2.18. The molecule has 1 fully saturated rings. The number of benzene rings is 1. The van der Waals surface area contributed by atoms with Crippen LogP contribution < -0.4 is 5.32 Å². The molecule has 2 aromatic rings. The van der Waals surface area contributed by atoms with E-state index in [0.717, 1.165) is 38.3 Å². The van der Waals surface area contributed by atoms with Crippen LogP contribution in [0.25, 0.3) is 5.69 Å². The predicted molar refractivity (Wildman–Crippen MR) is 89.2 cm³/mol. The molecule has 0 atom stereocenters. The molecule has 7 heteroatoms. The van der Waals surface area contributed by atoms with E-state index in [1.807, 2.05) is 29.2 Å². The van der Waals surface area contributed by atoms with Crippen molar-refractivity contribution in [1.82, 2.24) is 20.0 Å². The van der Waals surface area contributed by atoms with Crippen molar-refractivity contribution in [1.29, 1.82) is 0 Å². The van der Waals surface area contributed by atoms with Gasteiger partial charge < -0.3 is 10.2 Å². The number of nitrogens with one attached hydrogen (secondary N) is 1. The second kappa shape index (κ2) is 7.63. The summed E-state index contributed by atoms with van der Waals surface area (Å²) in [5.74, 6) is 0.0342. The molecular formula is C15H18Cl2N4O. The van der Waals surface area contributed by atoms with Gasteiger partial charge in [-0.2, -0.15) is 5.10 Å². The fourth-order valence-corrected chi connectivity index (χ4v) is 2.61. The third-order valence-electron chi connectivity index (χ3n) is 3.53. The number of hydrogen-bond acceptors (Lipinski definition) is 3. The summed E-state index contributed by atoms with van der Waals surface area (Å²) in [6.45, 7) is 3.33. The average molecular weight is 341 g/mol. The van der Waals surface area contributed by atoms with Gasteiger partial charge in [-0.05, 0) is 31.2 Å². The largest absolute Gasteiger partial charge is 0.337 e. The first-order valence-electron chi connectivity index (χ1n) is 7.04. The zero-order valence-corrected chi connectivity index (χ0v) is 13.6. The standard InChI is InChI=1S/C15H17ClN4O.ClH/c16-13-3-1-4-14(9-13)20-11-12(10-18-20)15(21)19-7-2-5-17-6-8-19;/h1,3-4,9-11,17H,2,5-8H2;1H. The first-order valence-corrected chi connectivity index (χ1v) is 7.42. The number of hydrogen-bond donors (Lipinski definition) is 1. The van der Waals surface area contributed by atoms with Gasteiger partial charge >= 0.3 is 0 Å². The van der Waals surface area contributed by atoms with Crippen LogP contribution in [0.4, 0.5) is 0 Å². The highest BCUT2D eigenvalue weighted by Crippen LogP contribution is 2.15. The van der Waals surface area contributed by atoms with Crippen LogP contribution in [0.3, 0.4) is 0 Å². The van der Waals surface area contributed by atoms with Gasteiger partial charge in [0.05, 0.1) is 17.4 Å². The SMILES string of the molecule is Cl.O=C(c1cnn(-c2cccc(Cl)c2)c1)N1CCCNCC1. The Morgan fingerprint density at radius 3 is 2.95 bits per heavy atom. The van der Waals surface area contributed by atoms with E-state index in [9.17, 15) is 4.79 Å². The Balaban J connectivity index is 0.00000176. The van der Waals surface area contributed by atoms with Gasteiger partial charge in [0, 0.05) is 30.9 Å². The molecule has 3 rings (SSSR count). The lowest BCUT2D eigenvalue weighted by atomic mass is 10.3. The van der Waals surface area contributed by atoms with Gasteiger partial charge in [-0.3, -0.25) is 4.79 Å². The topological polar surface area (TPSA) is 50.2 Å². The Labute approximate surface area is 140 Å². The van der Waals surface area contributed by atoms with Crippen molar-refractivity contribution in [3.63, 3.8) is 0 Å². The van der Waals surface area contributed by atoms with E-state index < -0.39 is 0 Å². The maximum Gasteiger partial charge on any atom is 0.257 e. The van der Waals surface area contributed by atoms with Crippen LogP contribution in [0.2, 0.25) is 5.02 Å². The minimum absolute atomic E-state index is 0. The number of carbonyl (C=O) groups is 1. The number of rotatable bonds is 2. The van der Waals surface area contributed by atoms with Gasteiger partial charge in [0.25, 0.3) is 5.91 Å². The Bertz CT molecular complexity index is 636. The summed E-state index contributed by atoms with van der Waals surface area (Å²) in [7, 11) is 0. The van der Waals surface area contributed by atoms with Crippen molar-refractivity contribution in [2.24, 2.45) is 0 Å². The molecule has 5 nitrogen and oxygen atoms in total. The van der Waals surface area contributed by atoms with Crippen LogP contribution in [0.5, 0.6) is 0 Å². The molecule has 1 saturated heterocycles. The average Bonchev–Trinajstić information content (AvgIpc) is 2.82. The smallest absolute Gasteiger partial charge is 0.257 e. The van der Waals surface area contributed by atoms with Crippen LogP contribution in [0, 0.1) is 0 Å². The van der Waals surface area contributed by atoms with E-state index in [2.05, 4.69) is 10.4 Å². The highest BCUT2D eigenvalue weighted by atomic mass is 35.5. The van der Waals surface area contributed by atoms with Crippen LogP contribution in [0.15, 0.2) is 36.7 Å². The summed E-state index contributed by atoms with van der Waals surface area (Å²) in [4.78, 5) is 14.4. The molecule has 1 aliphatic heterocycles. The van der Waals surface area contributed by atoms with Gasteiger partial charge in [0.15, 0.2) is 0 Å². The molecule has 22 heavy (non-hydrogen) atoms. The van der Waals surface area contributed by atoms with Crippen molar-refractivity contribution in [3.8, 4) is 5.69 Å². The number of nitrogens with zero attached hydrogens (tertiary/aromatic N) is 3. The number of amides is 1. The van der Waals surface area contributed by atoms with Crippen LogP contribution >= 0.6 is 24.0 Å². The lowest BCUT2D eigenvalue weighted by molar-refractivity contribution is 0.0766. The third kappa shape index (κ3) is 3.80. The minimum Gasteiger partial charge on any atom is -0.337 e. The zero-order chi connectivity index (χ0) is 14.7. The first kappa shape index (κ1) is 16.8. The molecular weight excluding hydrogens is 323 g/mol. The molecule has 1 aromatic heterocycles. The summed E-state index contributed by atoms with van der Waals surface area (Å²) >= 11 is 5.98. The molecule has 0 bridgehead atoms. The van der Waals surface area contributed by atoms with E-state index in [4.69, 9.17) is 11.6 Å². The van der Waals surface area contributed by atoms with Gasteiger partial charge in [-0.25, -0.2) is 4.68 Å². The van der Waals surface area contributed by atoms with Crippen molar-refractivity contribution >= 4 is 29.9 Å². The zero-order valence-electron chi connectivity index (χ0n) is 12.0. The molecule has 1 aromatic carbocycles. The van der Waals surface area contributed by atoms with E-state index in [0.29, 0.717) is 10.6 Å². The van der Waals surface area contributed by atoms with Crippen molar-refractivity contribution in [2.45, 2.75) is 6.42 Å². The quantitative estimate of drug-likeness (QED) is 0.913. The molecule has 1 amide bonds. The maximum absolute atomic E-state index is 12.5. The normalized spacial score (nSPS) is 15.0. The van der Waals surface area contributed by atoms with E-state index in [1.54, 1.807) is 17.1 Å². The number of halogens is 2. The van der Waals surface area contributed by atoms with Crippen LogP contribution in [-0.4, -0.2) is 46.8 Å². The Morgan fingerprint density at radius 2 is 2.14 bits per heavy atom. The van der Waals surface area contributed by atoms with Gasteiger partial charge in [-0.1, -0.05) is 17.7 Å².